The van der Waals surface area contributed by atoms with Crippen LogP contribution in [0.2, 0.25) is 0 Å². The van der Waals surface area contributed by atoms with Crippen molar-refractivity contribution in [1.82, 2.24) is 9.80 Å². The number of hydrogen-bond donors (Lipinski definition) is 0. The van der Waals surface area contributed by atoms with E-state index >= 15 is 0 Å². The Morgan fingerprint density at radius 2 is 0.489 bits per heavy atom. The Hall–Kier alpha value is -0.660. The van der Waals surface area contributed by atoms with Crippen LogP contribution in [0.3, 0.4) is 0 Å². The van der Waals surface area contributed by atoms with Gasteiger partial charge in [-0.2, -0.15) is 0 Å². The highest BCUT2D eigenvalue weighted by atomic mass is 15.4. The molecule has 1 atom stereocenters. The van der Waals surface area contributed by atoms with Crippen LogP contribution >= 0.6 is 0 Å². The van der Waals surface area contributed by atoms with E-state index in [1.54, 1.807) is 0 Å². The lowest BCUT2D eigenvalue weighted by Crippen LogP contribution is -2.39. The van der Waals surface area contributed by atoms with Gasteiger partial charge in [-0.15, -0.1) is 0 Å². The molecule has 0 aromatic rings. The van der Waals surface area contributed by atoms with Gasteiger partial charge in [0.05, 0.1) is 0 Å². The zero-order valence-electron chi connectivity index (χ0n) is 33.2. The van der Waals surface area contributed by atoms with Gasteiger partial charge in [0.25, 0.3) is 0 Å². The van der Waals surface area contributed by atoms with Crippen LogP contribution in [0.25, 0.3) is 0 Å². The first-order chi connectivity index (χ1) is 23.3. The first kappa shape index (κ1) is 44.4. The van der Waals surface area contributed by atoms with E-state index in [4.69, 9.17) is 0 Å². The lowest BCUT2D eigenvalue weighted by atomic mass is 10.0. The first-order valence-electron chi connectivity index (χ1n) is 22.5. The van der Waals surface area contributed by atoms with Gasteiger partial charge in [0.15, 0.2) is 0 Å². The van der Waals surface area contributed by atoms with Crippen molar-refractivity contribution in [3.05, 3.63) is 12.4 Å². The molecule has 0 saturated carbocycles. The Morgan fingerprint density at radius 1 is 0.277 bits per heavy atom. The van der Waals surface area contributed by atoms with Crippen molar-refractivity contribution >= 4 is 0 Å². The van der Waals surface area contributed by atoms with Crippen molar-refractivity contribution in [2.45, 2.75) is 265 Å². The molecule has 0 bridgehead atoms. The lowest BCUT2D eigenvalue weighted by molar-refractivity contribution is 0.135. The summed E-state index contributed by atoms with van der Waals surface area (Å²) in [7, 11) is 0. The van der Waals surface area contributed by atoms with Crippen molar-refractivity contribution in [2.75, 3.05) is 13.1 Å². The molecule has 0 aromatic carbocycles. The van der Waals surface area contributed by atoms with Gasteiger partial charge in [0.1, 0.15) is 6.17 Å². The fourth-order valence-corrected chi connectivity index (χ4v) is 7.78. The molecule has 0 fully saturated rings. The minimum absolute atomic E-state index is 0.638. The van der Waals surface area contributed by atoms with Crippen LogP contribution in [-0.4, -0.2) is 29.1 Å². The molecule has 1 aliphatic heterocycles. The number of rotatable bonds is 39. The molecule has 0 amide bonds. The van der Waals surface area contributed by atoms with Crippen LogP contribution in [0.15, 0.2) is 12.4 Å². The maximum atomic E-state index is 2.73. The molecule has 2 heteroatoms. The van der Waals surface area contributed by atoms with Crippen LogP contribution in [0.1, 0.15) is 258 Å². The Kier molecular flexibility index (Phi) is 34.6. The monoisotopic (exact) mass is 659 g/mol. The lowest BCUT2D eigenvalue weighted by Gasteiger charge is -2.33. The minimum Gasteiger partial charge on any atom is -0.356 e. The second-order valence-corrected chi connectivity index (χ2v) is 15.7. The van der Waals surface area contributed by atoms with Crippen LogP contribution in [0.4, 0.5) is 0 Å². The van der Waals surface area contributed by atoms with Crippen molar-refractivity contribution < 1.29 is 0 Å². The van der Waals surface area contributed by atoms with E-state index in [1.807, 2.05) is 0 Å². The molecule has 0 saturated heterocycles. The molecule has 0 radical (unpaired) electrons. The minimum atomic E-state index is 0.638. The van der Waals surface area contributed by atoms with Crippen LogP contribution < -0.4 is 0 Å². The maximum absolute atomic E-state index is 2.73. The first-order valence-corrected chi connectivity index (χ1v) is 22.5. The van der Waals surface area contributed by atoms with Gasteiger partial charge in [0.2, 0.25) is 0 Å². The van der Waals surface area contributed by atoms with Crippen LogP contribution in [0, 0.1) is 0 Å². The summed E-state index contributed by atoms with van der Waals surface area (Å²) >= 11 is 0. The van der Waals surface area contributed by atoms with Gasteiger partial charge in [0, 0.05) is 25.5 Å². The highest BCUT2D eigenvalue weighted by molar-refractivity contribution is 4.97. The van der Waals surface area contributed by atoms with Crippen molar-refractivity contribution in [3.8, 4) is 0 Å². The summed E-state index contributed by atoms with van der Waals surface area (Å²) in [6.45, 7) is 9.49. The molecule has 47 heavy (non-hydrogen) atoms. The zero-order chi connectivity index (χ0) is 33.7. The fraction of sp³-hybridized carbons (Fsp3) is 0.956. The molecule has 280 valence electrons. The van der Waals surface area contributed by atoms with Gasteiger partial charge in [-0.05, 0) is 25.7 Å². The van der Waals surface area contributed by atoms with Crippen molar-refractivity contribution in [2.24, 2.45) is 0 Å². The largest absolute Gasteiger partial charge is 0.356 e. The molecule has 0 aliphatic carbocycles. The van der Waals surface area contributed by atoms with Gasteiger partial charge in [-0.25, -0.2) is 0 Å². The molecule has 1 rings (SSSR count). The molecule has 1 unspecified atom stereocenters. The van der Waals surface area contributed by atoms with E-state index in [0.717, 1.165) is 0 Å². The number of unbranched alkanes of at least 4 members (excludes halogenated alkanes) is 33. The summed E-state index contributed by atoms with van der Waals surface area (Å²) in [5.74, 6) is 0. The van der Waals surface area contributed by atoms with Gasteiger partial charge < -0.3 is 9.80 Å². The highest BCUT2D eigenvalue weighted by Gasteiger charge is 2.24. The second-order valence-electron chi connectivity index (χ2n) is 15.7. The van der Waals surface area contributed by atoms with E-state index in [0.29, 0.717) is 6.17 Å². The number of hydrogen-bond acceptors (Lipinski definition) is 2. The summed E-state index contributed by atoms with van der Waals surface area (Å²) in [5.41, 5.74) is 0. The topological polar surface area (TPSA) is 6.48 Å². The predicted molar refractivity (Wildman–Crippen MR) is 214 cm³/mol. The average Bonchev–Trinajstić information content (AvgIpc) is 3.47. The molecule has 1 aliphatic rings. The molecule has 0 N–H and O–H groups in total. The molecule has 2 nitrogen and oxygen atoms in total. The third-order valence-electron chi connectivity index (χ3n) is 11.1. The summed E-state index contributed by atoms with van der Waals surface area (Å²) < 4.78 is 0. The zero-order valence-corrected chi connectivity index (χ0v) is 33.2. The smallest absolute Gasteiger partial charge is 0.101 e. The Balaban J connectivity index is 2.21. The van der Waals surface area contributed by atoms with E-state index in [-0.39, 0.29) is 0 Å². The van der Waals surface area contributed by atoms with Crippen molar-refractivity contribution in [3.63, 3.8) is 0 Å². The molecule has 0 spiro atoms. The Morgan fingerprint density at radius 3 is 0.745 bits per heavy atom. The van der Waals surface area contributed by atoms with Gasteiger partial charge in [-0.1, -0.05) is 233 Å². The third-order valence-corrected chi connectivity index (χ3v) is 11.1. The Labute approximate surface area is 299 Å². The number of nitrogens with zero attached hydrogens (tertiary/aromatic N) is 2. The predicted octanol–water partition coefficient (Wildman–Crippen LogP) is 15.9. The summed E-state index contributed by atoms with van der Waals surface area (Å²) in [6.07, 6.45) is 58.9. The van der Waals surface area contributed by atoms with E-state index in [2.05, 4.69) is 43.0 Å². The quantitative estimate of drug-likeness (QED) is 0.0606. The standard InChI is InChI=1S/C45H90N2/c1-4-7-10-13-16-19-22-24-26-28-31-34-37-40-45-46(41-38-35-32-29-21-18-15-12-9-6-3)43-44-47(45)42-39-36-33-30-27-25-23-20-17-14-11-8-5-2/h43-45H,4-42H2,1-3H3. The second kappa shape index (κ2) is 36.6. The van der Waals surface area contributed by atoms with E-state index < -0.39 is 0 Å². The third kappa shape index (κ3) is 28.8. The van der Waals surface area contributed by atoms with E-state index in [9.17, 15) is 0 Å². The summed E-state index contributed by atoms with van der Waals surface area (Å²) in [5, 5.41) is 0. The SMILES string of the molecule is CCCCCCCCCCCCCCCC1N(CCCCCCCCCCCC)C=CN1CCCCCCCCCCCCCCC. The fourth-order valence-electron chi connectivity index (χ4n) is 7.78. The average molecular weight is 659 g/mol. The van der Waals surface area contributed by atoms with Crippen LogP contribution in [0.5, 0.6) is 0 Å². The van der Waals surface area contributed by atoms with Crippen molar-refractivity contribution in [1.29, 1.82) is 0 Å². The summed E-state index contributed by atoms with van der Waals surface area (Å²) in [4.78, 5) is 5.46. The maximum Gasteiger partial charge on any atom is 0.101 e. The Bertz CT molecular complexity index is 615. The molecular weight excluding hydrogens is 569 g/mol. The normalized spacial score (nSPS) is 14.7. The van der Waals surface area contributed by atoms with Gasteiger partial charge in [-0.3, -0.25) is 0 Å². The van der Waals surface area contributed by atoms with Gasteiger partial charge >= 0.3 is 0 Å². The molecular formula is C45H90N2. The van der Waals surface area contributed by atoms with E-state index in [1.165, 1.54) is 251 Å². The molecule has 0 aromatic heterocycles. The summed E-state index contributed by atoms with van der Waals surface area (Å²) in [6, 6.07) is 0. The highest BCUT2D eigenvalue weighted by Crippen LogP contribution is 2.24. The van der Waals surface area contributed by atoms with Crippen LogP contribution in [-0.2, 0) is 0 Å². The molecule has 1 heterocycles.